The summed E-state index contributed by atoms with van der Waals surface area (Å²) in [6.07, 6.45) is 4.65. The number of rotatable bonds is 2. The van der Waals surface area contributed by atoms with Crippen molar-refractivity contribution < 1.29 is 9.18 Å². The minimum absolute atomic E-state index is 0.152. The van der Waals surface area contributed by atoms with E-state index in [-0.39, 0.29) is 11.3 Å². The van der Waals surface area contributed by atoms with E-state index in [0.717, 1.165) is 24.8 Å². The van der Waals surface area contributed by atoms with Crippen LogP contribution in [0.1, 0.15) is 29.6 Å². The molecule has 0 radical (unpaired) electrons. The first-order valence-electron chi connectivity index (χ1n) is 4.77. The summed E-state index contributed by atoms with van der Waals surface area (Å²) in [4.78, 5) is 11.8. The van der Waals surface area contributed by atoms with Crippen molar-refractivity contribution in [3.05, 3.63) is 47.3 Å². The Morgan fingerprint density at radius 1 is 1.29 bits per heavy atom. The molecule has 0 unspecified atom stereocenters. The molecule has 1 aliphatic rings. The topological polar surface area (TPSA) is 17.1 Å². The molecule has 1 aliphatic carbocycles. The highest BCUT2D eigenvalue weighted by molar-refractivity contribution is 6.09. The van der Waals surface area contributed by atoms with Crippen molar-refractivity contribution in [1.29, 1.82) is 0 Å². The number of hydrogen-bond acceptors (Lipinski definition) is 1. The van der Waals surface area contributed by atoms with Gasteiger partial charge in [0.15, 0.2) is 5.78 Å². The zero-order valence-electron chi connectivity index (χ0n) is 7.79. The number of benzene rings is 1. The van der Waals surface area contributed by atoms with Gasteiger partial charge in [0.2, 0.25) is 0 Å². The van der Waals surface area contributed by atoms with Crippen LogP contribution >= 0.6 is 0 Å². The Kier molecular flexibility index (Phi) is 2.44. The molecule has 0 spiro atoms. The van der Waals surface area contributed by atoms with Crippen LogP contribution in [0, 0.1) is 5.82 Å². The van der Waals surface area contributed by atoms with Crippen LogP contribution in [-0.4, -0.2) is 5.78 Å². The van der Waals surface area contributed by atoms with Gasteiger partial charge in [-0.3, -0.25) is 4.79 Å². The molecule has 0 atom stereocenters. The number of ketones is 1. The molecule has 2 heteroatoms. The van der Waals surface area contributed by atoms with Crippen LogP contribution in [0.2, 0.25) is 0 Å². The first-order valence-corrected chi connectivity index (χ1v) is 4.77. The number of allylic oxidation sites excluding steroid dienone is 2. The van der Waals surface area contributed by atoms with E-state index in [4.69, 9.17) is 0 Å². The maximum atomic E-state index is 13.2. The lowest BCUT2D eigenvalue weighted by Crippen LogP contribution is -2.04. The van der Waals surface area contributed by atoms with Gasteiger partial charge in [-0.1, -0.05) is 18.2 Å². The van der Waals surface area contributed by atoms with E-state index in [1.807, 2.05) is 6.08 Å². The van der Waals surface area contributed by atoms with E-state index < -0.39 is 5.82 Å². The Hall–Kier alpha value is -1.44. The maximum absolute atomic E-state index is 13.2. The van der Waals surface area contributed by atoms with E-state index in [9.17, 15) is 9.18 Å². The first-order chi connectivity index (χ1) is 6.79. The van der Waals surface area contributed by atoms with Crippen molar-refractivity contribution in [3.8, 4) is 0 Å². The summed E-state index contributed by atoms with van der Waals surface area (Å²) < 4.78 is 13.2. The number of Topliss-reactive ketones (excluding diaryl/α,β-unsaturated/α-hetero) is 1. The molecule has 14 heavy (non-hydrogen) atoms. The van der Waals surface area contributed by atoms with Gasteiger partial charge in [-0.25, -0.2) is 4.39 Å². The molecule has 0 N–H and O–H groups in total. The van der Waals surface area contributed by atoms with Gasteiger partial charge >= 0.3 is 0 Å². The number of hydrogen-bond donors (Lipinski definition) is 0. The first kappa shape index (κ1) is 9.13. The standard InChI is InChI=1S/C12H11FO/c13-11-8-4-3-7-10(11)12(14)9-5-1-2-6-9/h3-5,7-8H,1-2,6H2. The highest BCUT2D eigenvalue weighted by Gasteiger charge is 2.17. The van der Waals surface area contributed by atoms with Crippen LogP contribution in [0.15, 0.2) is 35.9 Å². The molecule has 0 aromatic heterocycles. The van der Waals surface area contributed by atoms with E-state index in [1.165, 1.54) is 12.1 Å². The minimum atomic E-state index is -0.426. The van der Waals surface area contributed by atoms with E-state index in [0.29, 0.717) is 0 Å². The van der Waals surface area contributed by atoms with Gasteiger partial charge in [0.1, 0.15) is 5.82 Å². The smallest absolute Gasteiger partial charge is 0.191 e. The fourth-order valence-electron chi connectivity index (χ4n) is 1.70. The minimum Gasteiger partial charge on any atom is -0.289 e. The summed E-state index contributed by atoms with van der Waals surface area (Å²) >= 11 is 0. The van der Waals surface area contributed by atoms with E-state index in [2.05, 4.69) is 0 Å². The Bertz CT molecular complexity index is 393. The van der Waals surface area contributed by atoms with E-state index in [1.54, 1.807) is 12.1 Å². The average molecular weight is 190 g/mol. The zero-order chi connectivity index (χ0) is 9.97. The normalized spacial score (nSPS) is 15.4. The van der Waals surface area contributed by atoms with Crippen molar-refractivity contribution in [2.75, 3.05) is 0 Å². The van der Waals surface area contributed by atoms with Crippen LogP contribution in [0.25, 0.3) is 0 Å². The molecule has 1 aromatic carbocycles. The van der Waals surface area contributed by atoms with Gasteiger partial charge in [0, 0.05) is 0 Å². The Labute approximate surface area is 82.3 Å². The fourth-order valence-corrected chi connectivity index (χ4v) is 1.70. The summed E-state index contributed by atoms with van der Waals surface area (Å²) in [6, 6.07) is 6.14. The average Bonchev–Trinajstić information content (AvgIpc) is 2.70. The van der Waals surface area contributed by atoms with Gasteiger partial charge in [0.25, 0.3) is 0 Å². The molecular weight excluding hydrogens is 179 g/mol. The maximum Gasteiger partial charge on any atom is 0.191 e. The molecule has 0 aliphatic heterocycles. The van der Waals surface area contributed by atoms with Crippen molar-refractivity contribution >= 4 is 5.78 Å². The lowest BCUT2D eigenvalue weighted by atomic mass is 10.0. The van der Waals surface area contributed by atoms with Gasteiger partial charge in [0.05, 0.1) is 5.56 Å². The third-order valence-electron chi connectivity index (χ3n) is 2.45. The van der Waals surface area contributed by atoms with Crippen LogP contribution in [0.4, 0.5) is 4.39 Å². The van der Waals surface area contributed by atoms with Crippen molar-refractivity contribution in [2.24, 2.45) is 0 Å². The summed E-state index contributed by atoms with van der Waals surface area (Å²) in [5, 5.41) is 0. The predicted molar refractivity (Wildman–Crippen MR) is 52.7 cm³/mol. The molecule has 72 valence electrons. The summed E-state index contributed by atoms with van der Waals surface area (Å²) in [6.45, 7) is 0. The Balaban J connectivity index is 2.31. The molecule has 0 fully saturated rings. The number of carbonyl (C=O) groups is 1. The molecular formula is C12H11FO. The molecule has 0 amide bonds. The largest absolute Gasteiger partial charge is 0.289 e. The second kappa shape index (κ2) is 3.74. The van der Waals surface area contributed by atoms with Crippen molar-refractivity contribution in [1.82, 2.24) is 0 Å². The SMILES string of the molecule is O=C(C1=CCCC1)c1ccccc1F. The van der Waals surface area contributed by atoms with Gasteiger partial charge in [-0.2, -0.15) is 0 Å². The third-order valence-corrected chi connectivity index (χ3v) is 2.45. The monoisotopic (exact) mass is 190 g/mol. The second-order valence-electron chi connectivity index (χ2n) is 3.43. The lowest BCUT2D eigenvalue weighted by molar-refractivity contribution is 0.102. The quantitative estimate of drug-likeness (QED) is 0.655. The molecule has 0 bridgehead atoms. The lowest BCUT2D eigenvalue weighted by Gasteiger charge is -2.02. The van der Waals surface area contributed by atoms with Gasteiger partial charge < -0.3 is 0 Å². The Morgan fingerprint density at radius 3 is 2.71 bits per heavy atom. The summed E-state index contributed by atoms with van der Waals surface area (Å²) in [5.74, 6) is -0.578. The fraction of sp³-hybridized carbons (Fsp3) is 0.250. The van der Waals surface area contributed by atoms with Gasteiger partial charge in [-0.15, -0.1) is 0 Å². The highest BCUT2D eigenvalue weighted by atomic mass is 19.1. The van der Waals surface area contributed by atoms with E-state index >= 15 is 0 Å². The van der Waals surface area contributed by atoms with Crippen LogP contribution in [0.3, 0.4) is 0 Å². The van der Waals surface area contributed by atoms with Crippen molar-refractivity contribution in [3.63, 3.8) is 0 Å². The molecule has 0 heterocycles. The van der Waals surface area contributed by atoms with Crippen LogP contribution < -0.4 is 0 Å². The second-order valence-corrected chi connectivity index (χ2v) is 3.43. The molecule has 0 saturated carbocycles. The van der Waals surface area contributed by atoms with Crippen LogP contribution in [-0.2, 0) is 0 Å². The molecule has 1 aromatic rings. The molecule has 0 saturated heterocycles. The van der Waals surface area contributed by atoms with Gasteiger partial charge in [-0.05, 0) is 37.0 Å². The van der Waals surface area contributed by atoms with Crippen molar-refractivity contribution in [2.45, 2.75) is 19.3 Å². The zero-order valence-corrected chi connectivity index (χ0v) is 7.79. The molecule has 1 nitrogen and oxygen atoms in total. The highest BCUT2D eigenvalue weighted by Crippen LogP contribution is 2.22. The predicted octanol–water partition coefficient (Wildman–Crippen LogP) is 3.12. The van der Waals surface area contributed by atoms with Crippen LogP contribution in [0.5, 0.6) is 0 Å². The molecule has 2 rings (SSSR count). The Morgan fingerprint density at radius 2 is 2.07 bits per heavy atom. The summed E-state index contributed by atoms with van der Waals surface area (Å²) in [7, 11) is 0. The number of carbonyl (C=O) groups excluding carboxylic acids is 1. The third kappa shape index (κ3) is 1.60. The summed E-state index contributed by atoms with van der Waals surface area (Å²) in [5.41, 5.74) is 0.954. The number of halogens is 1.